The van der Waals surface area contributed by atoms with Crippen LogP contribution >= 0.6 is 11.3 Å². The van der Waals surface area contributed by atoms with Gasteiger partial charge in [0.25, 0.3) is 0 Å². The predicted octanol–water partition coefficient (Wildman–Crippen LogP) is 5.36. The number of imidazole rings is 1. The minimum Gasteiger partial charge on any atom is -0.372 e. The Morgan fingerprint density at radius 1 is 1.04 bits per heavy atom. The van der Waals surface area contributed by atoms with Gasteiger partial charge in [-0.15, -0.1) is 11.3 Å². The number of hydrogen-bond donors (Lipinski definition) is 1. The third-order valence-electron chi connectivity index (χ3n) is 4.70. The Kier molecular flexibility index (Phi) is 4.81. The number of benzene rings is 1. The van der Waals surface area contributed by atoms with Crippen molar-refractivity contribution in [2.45, 2.75) is 20.8 Å². The molecular formula is C21H23N5S. The van der Waals surface area contributed by atoms with Crippen molar-refractivity contribution in [2.24, 2.45) is 0 Å². The van der Waals surface area contributed by atoms with Crippen LogP contribution in [0, 0.1) is 6.92 Å². The molecule has 0 saturated carbocycles. The minimum atomic E-state index is 0.880. The molecule has 4 rings (SSSR count). The van der Waals surface area contributed by atoms with Crippen LogP contribution in [0.4, 0.5) is 16.5 Å². The highest BCUT2D eigenvalue weighted by Crippen LogP contribution is 2.30. The maximum atomic E-state index is 4.79. The highest BCUT2D eigenvalue weighted by molar-refractivity contribution is 7.14. The first-order valence-corrected chi connectivity index (χ1v) is 10.1. The predicted molar refractivity (Wildman–Crippen MR) is 114 cm³/mol. The Bertz CT molecular complexity index is 1040. The Balaban J connectivity index is 1.57. The van der Waals surface area contributed by atoms with Crippen molar-refractivity contribution >= 4 is 33.5 Å². The lowest BCUT2D eigenvalue weighted by atomic mass is 10.2. The Morgan fingerprint density at radius 3 is 2.56 bits per heavy atom. The number of aryl methyl sites for hydroxylation is 1. The number of hydrogen-bond acceptors (Lipinski definition) is 5. The fourth-order valence-electron chi connectivity index (χ4n) is 3.33. The largest absolute Gasteiger partial charge is 0.372 e. The number of fused-ring (bicyclic) bond motifs is 1. The van der Waals surface area contributed by atoms with Crippen molar-refractivity contribution in [2.75, 3.05) is 23.3 Å². The topological polar surface area (TPSA) is 45.5 Å². The number of thiazole rings is 1. The van der Waals surface area contributed by atoms with Crippen molar-refractivity contribution in [3.63, 3.8) is 0 Å². The van der Waals surface area contributed by atoms with Gasteiger partial charge in [0.05, 0.1) is 11.4 Å². The van der Waals surface area contributed by atoms with Crippen LogP contribution in [0.5, 0.6) is 0 Å². The molecule has 0 amide bonds. The van der Waals surface area contributed by atoms with E-state index < -0.39 is 0 Å². The molecule has 27 heavy (non-hydrogen) atoms. The molecule has 5 nitrogen and oxygen atoms in total. The minimum absolute atomic E-state index is 0.880. The zero-order chi connectivity index (χ0) is 18.8. The molecule has 0 atom stereocenters. The van der Waals surface area contributed by atoms with E-state index in [9.17, 15) is 0 Å². The standard InChI is InChI=1S/C21H23N5S/c1-4-25(5-2)17-11-9-16(10-12-17)23-21-24-18(14-27-21)20-15(3)22-19-8-6-7-13-26(19)20/h6-14H,4-5H2,1-3H3,(H,23,24). The summed E-state index contributed by atoms with van der Waals surface area (Å²) in [6, 6.07) is 14.5. The molecule has 3 heterocycles. The number of anilines is 3. The van der Waals surface area contributed by atoms with Gasteiger partial charge in [-0.3, -0.25) is 4.40 Å². The summed E-state index contributed by atoms with van der Waals surface area (Å²) in [5.74, 6) is 0. The van der Waals surface area contributed by atoms with Gasteiger partial charge in [0.1, 0.15) is 11.3 Å². The molecule has 0 radical (unpaired) electrons. The van der Waals surface area contributed by atoms with Gasteiger partial charge in [-0.1, -0.05) is 6.07 Å². The van der Waals surface area contributed by atoms with Crippen LogP contribution in [-0.2, 0) is 0 Å². The maximum absolute atomic E-state index is 4.79. The van der Waals surface area contributed by atoms with Gasteiger partial charge in [0, 0.05) is 36.0 Å². The number of rotatable bonds is 6. The van der Waals surface area contributed by atoms with Gasteiger partial charge >= 0.3 is 0 Å². The molecule has 0 aliphatic heterocycles. The first-order valence-electron chi connectivity index (χ1n) is 9.21. The lowest BCUT2D eigenvalue weighted by Crippen LogP contribution is -2.21. The Hall–Kier alpha value is -2.86. The second-order valence-corrected chi connectivity index (χ2v) is 7.21. The first kappa shape index (κ1) is 17.5. The van der Waals surface area contributed by atoms with E-state index in [-0.39, 0.29) is 0 Å². The van der Waals surface area contributed by atoms with Gasteiger partial charge in [0.15, 0.2) is 5.13 Å². The quantitative estimate of drug-likeness (QED) is 0.491. The number of nitrogens with zero attached hydrogens (tertiary/aromatic N) is 4. The smallest absolute Gasteiger partial charge is 0.187 e. The van der Waals surface area contributed by atoms with E-state index in [0.29, 0.717) is 0 Å². The van der Waals surface area contributed by atoms with Crippen molar-refractivity contribution in [3.8, 4) is 11.4 Å². The van der Waals surface area contributed by atoms with Crippen molar-refractivity contribution in [1.29, 1.82) is 0 Å². The van der Waals surface area contributed by atoms with E-state index in [1.807, 2.05) is 31.3 Å². The zero-order valence-electron chi connectivity index (χ0n) is 15.8. The summed E-state index contributed by atoms with van der Waals surface area (Å²) in [4.78, 5) is 11.7. The van der Waals surface area contributed by atoms with Crippen molar-refractivity contribution in [1.82, 2.24) is 14.4 Å². The highest BCUT2D eigenvalue weighted by atomic mass is 32.1. The van der Waals surface area contributed by atoms with Crippen molar-refractivity contribution < 1.29 is 0 Å². The molecule has 6 heteroatoms. The summed E-state index contributed by atoms with van der Waals surface area (Å²) in [5.41, 5.74) is 6.21. The summed E-state index contributed by atoms with van der Waals surface area (Å²) >= 11 is 1.61. The van der Waals surface area contributed by atoms with Gasteiger partial charge in [0.2, 0.25) is 0 Å². The highest BCUT2D eigenvalue weighted by Gasteiger charge is 2.14. The summed E-state index contributed by atoms with van der Waals surface area (Å²) in [6.07, 6.45) is 2.03. The van der Waals surface area contributed by atoms with E-state index in [4.69, 9.17) is 4.98 Å². The van der Waals surface area contributed by atoms with Crippen LogP contribution < -0.4 is 10.2 Å². The molecule has 0 aliphatic rings. The lowest BCUT2D eigenvalue weighted by molar-refractivity contribution is 0.866. The summed E-state index contributed by atoms with van der Waals surface area (Å²) in [5, 5.41) is 6.38. The van der Waals surface area contributed by atoms with E-state index >= 15 is 0 Å². The van der Waals surface area contributed by atoms with Gasteiger partial charge in [-0.25, -0.2) is 9.97 Å². The molecule has 3 aromatic heterocycles. The van der Waals surface area contributed by atoms with E-state index in [2.05, 4.69) is 63.1 Å². The van der Waals surface area contributed by atoms with E-state index in [1.54, 1.807) is 11.3 Å². The SMILES string of the molecule is CCN(CC)c1ccc(Nc2nc(-c3c(C)nc4ccccn34)cs2)cc1. The average Bonchev–Trinajstić information content (AvgIpc) is 3.27. The maximum Gasteiger partial charge on any atom is 0.187 e. The molecule has 0 bridgehead atoms. The molecule has 0 unspecified atom stereocenters. The lowest BCUT2D eigenvalue weighted by Gasteiger charge is -2.21. The Labute approximate surface area is 163 Å². The molecule has 0 saturated heterocycles. The molecule has 0 aliphatic carbocycles. The van der Waals surface area contributed by atoms with Crippen LogP contribution in [-0.4, -0.2) is 27.5 Å². The van der Waals surface area contributed by atoms with Crippen LogP contribution in [0.3, 0.4) is 0 Å². The van der Waals surface area contributed by atoms with Crippen LogP contribution in [0.25, 0.3) is 17.0 Å². The second-order valence-electron chi connectivity index (χ2n) is 6.36. The third-order valence-corrected chi connectivity index (χ3v) is 5.46. The molecule has 1 N–H and O–H groups in total. The van der Waals surface area contributed by atoms with Gasteiger partial charge < -0.3 is 10.2 Å². The fourth-order valence-corrected chi connectivity index (χ4v) is 4.05. The van der Waals surface area contributed by atoms with Gasteiger partial charge in [-0.05, 0) is 57.2 Å². The average molecular weight is 378 g/mol. The van der Waals surface area contributed by atoms with Crippen LogP contribution in [0.1, 0.15) is 19.5 Å². The fraction of sp³-hybridized carbons (Fsp3) is 0.238. The van der Waals surface area contributed by atoms with Gasteiger partial charge in [-0.2, -0.15) is 0 Å². The normalized spacial score (nSPS) is 11.1. The van der Waals surface area contributed by atoms with E-state index in [0.717, 1.165) is 46.6 Å². The molecule has 1 aromatic carbocycles. The molecule has 4 aromatic rings. The van der Waals surface area contributed by atoms with Crippen LogP contribution in [0.2, 0.25) is 0 Å². The van der Waals surface area contributed by atoms with E-state index in [1.165, 1.54) is 5.69 Å². The summed E-state index contributed by atoms with van der Waals surface area (Å²) < 4.78 is 2.09. The second kappa shape index (κ2) is 7.40. The number of pyridine rings is 1. The summed E-state index contributed by atoms with van der Waals surface area (Å²) in [7, 11) is 0. The number of nitrogens with one attached hydrogen (secondary N) is 1. The Morgan fingerprint density at radius 2 is 1.81 bits per heavy atom. The molecular weight excluding hydrogens is 354 g/mol. The summed E-state index contributed by atoms with van der Waals surface area (Å²) in [6.45, 7) is 8.40. The molecule has 0 spiro atoms. The molecule has 0 fully saturated rings. The van der Waals surface area contributed by atoms with Crippen LogP contribution in [0.15, 0.2) is 54.0 Å². The monoisotopic (exact) mass is 377 g/mol. The zero-order valence-corrected chi connectivity index (χ0v) is 16.6. The first-order chi connectivity index (χ1) is 13.2. The van der Waals surface area contributed by atoms with Crippen molar-refractivity contribution in [3.05, 3.63) is 59.7 Å². The number of aromatic nitrogens is 3. The molecule has 138 valence electrons. The third kappa shape index (κ3) is 3.40.